The zero-order valence-electron chi connectivity index (χ0n) is 7.86. The van der Waals surface area contributed by atoms with Crippen molar-refractivity contribution in [1.29, 1.82) is 0 Å². The van der Waals surface area contributed by atoms with Gasteiger partial charge < -0.3 is 0 Å². The van der Waals surface area contributed by atoms with Gasteiger partial charge in [0.05, 0.1) is 0 Å². The molecule has 1 saturated carbocycles. The maximum absolute atomic E-state index is 11.7. The minimum Gasteiger partial charge on any atom is -0.299 e. The van der Waals surface area contributed by atoms with Gasteiger partial charge in [-0.3, -0.25) is 4.79 Å². The highest BCUT2D eigenvalue weighted by Gasteiger charge is 2.47. The van der Waals surface area contributed by atoms with E-state index in [0.29, 0.717) is 17.6 Å². The first kappa shape index (κ1) is 7.54. The molecule has 0 N–H and O–H groups in total. The van der Waals surface area contributed by atoms with Crippen LogP contribution in [0.1, 0.15) is 19.8 Å². The smallest absolute Gasteiger partial charge is 0.140 e. The second-order valence-corrected chi connectivity index (χ2v) is 4.62. The van der Waals surface area contributed by atoms with Gasteiger partial charge >= 0.3 is 0 Å². The van der Waals surface area contributed by atoms with Crippen LogP contribution in [0.25, 0.3) is 0 Å². The summed E-state index contributed by atoms with van der Waals surface area (Å²) in [5, 5.41) is 0. The molecule has 1 fully saturated rings. The van der Waals surface area contributed by atoms with Crippen LogP contribution in [0.3, 0.4) is 0 Å². The summed E-state index contributed by atoms with van der Waals surface area (Å²) in [6.07, 6.45) is 8.76. The Hall–Kier alpha value is -0.850. The van der Waals surface area contributed by atoms with Gasteiger partial charge in [0.2, 0.25) is 0 Å². The predicted octanol–water partition coefficient (Wildman–Crippen LogP) is 2.34. The molecule has 2 bridgehead atoms. The lowest BCUT2D eigenvalue weighted by atomic mass is 9.60. The summed E-state index contributed by atoms with van der Waals surface area (Å²) in [5.74, 6) is 2.58. The molecule has 4 unspecified atom stereocenters. The molecule has 4 aliphatic carbocycles. The Morgan fingerprint density at radius 1 is 1.46 bits per heavy atom. The first-order valence-electron chi connectivity index (χ1n) is 5.15. The van der Waals surface area contributed by atoms with Gasteiger partial charge in [-0.05, 0) is 31.1 Å². The lowest BCUT2D eigenvalue weighted by Crippen LogP contribution is -2.41. The molecule has 68 valence electrons. The van der Waals surface area contributed by atoms with Crippen molar-refractivity contribution in [2.45, 2.75) is 19.8 Å². The van der Waals surface area contributed by atoms with Crippen molar-refractivity contribution in [3.63, 3.8) is 0 Å². The summed E-state index contributed by atoms with van der Waals surface area (Å²) in [7, 11) is 0. The monoisotopic (exact) mass is 174 g/mol. The molecule has 0 radical (unpaired) electrons. The lowest BCUT2D eigenvalue weighted by molar-refractivity contribution is -0.127. The summed E-state index contributed by atoms with van der Waals surface area (Å²) < 4.78 is 0. The van der Waals surface area contributed by atoms with E-state index in [2.05, 4.69) is 25.2 Å². The van der Waals surface area contributed by atoms with E-state index in [1.807, 2.05) is 0 Å². The van der Waals surface area contributed by atoms with Crippen LogP contribution in [0.2, 0.25) is 0 Å². The Balaban J connectivity index is 2.08. The number of hydrogen-bond acceptors (Lipinski definition) is 1. The van der Waals surface area contributed by atoms with Crippen molar-refractivity contribution in [2.75, 3.05) is 0 Å². The fourth-order valence-corrected chi connectivity index (χ4v) is 3.34. The molecule has 0 saturated heterocycles. The Kier molecular flexibility index (Phi) is 1.36. The molecule has 0 aliphatic heterocycles. The Labute approximate surface area is 78.5 Å². The predicted molar refractivity (Wildman–Crippen MR) is 51.1 cm³/mol. The summed E-state index contributed by atoms with van der Waals surface area (Å²) in [6, 6.07) is 0. The van der Waals surface area contributed by atoms with E-state index in [1.54, 1.807) is 0 Å². The van der Waals surface area contributed by atoms with Gasteiger partial charge in [0, 0.05) is 12.3 Å². The molecule has 1 nitrogen and oxygen atoms in total. The van der Waals surface area contributed by atoms with Gasteiger partial charge in [-0.15, -0.1) is 0 Å². The van der Waals surface area contributed by atoms with Crippen molar-refractivity contribution in [3.05, 3.63) is 23.8 Å². The number of carbonyl (C=O) groups excluding carboxylic acids is 1. The third-order valence-electron chi connectivity index (χ3n) is 4.01. The standard InChI is InChI=1S/C12H14O/c1-7-5-11-9-4-2-3-8(9)10(7)6-12(11)13/h2,4-5,8-11H,3,6H2,1H3. The minimum atomic E-state index is 0.230. The van der Waals surface area contributed by atoms with E-state index in [1.165, 1.54) is 12.0 Å². The fraction of sp³-hybridized carbons (Fsp3) is 0.583. The van der Waals surface area contributed by atoms with Gasteiger partial charge in [0.25, 0.3) is 0 Å². The first-order chi connectivity index (χ1) is 6.27. The molecular weight excluding hydrogens is 160 g/mol. The third kappa shape index (κ3) is 0.849. The molecular formula is C12H14O. The molecule has 0 heterocycles. The summed E-state index contributed by atoms with van der Waals surface area (Å²) >= 11 is 0. The van der Waals surface area contributed by atoms with E-state index in [4.69, 9.17) is 0 Å². The molecule has 13 heavy (non-hydrogen) atoms. The molecule has 0 spiro atoms. The average Bonchev–Trinajstić information content (AvgIpc) is 2.56. The van der Waals surface area contributed by atoms with Crippen LogP contribution >= 0.6 is 0 Å². The highest BCUT2D eigenvalue weighted by Crippen LogP contribution is 2.50. The second-order valence-electron chi connectivity index (χ2n) is 4.62. The Morgan fingerprint density at radius 3 is 3.15 bits per heavy atom. The maximum atomic E-state index is 11.7. The number of allylic oxidation sites excluding steroid dienone is 4. The quantitative estimate of drug-likeness (QED) is 0.515. The van der Waals surface area contributed by atoms with Crippen LogP contribution in [-0.2, 0) is 4.79 Å². The van der Waals surface area contributed by atoms with Crippen molar-refractivity contribution in [1.82, 2.24) is 0 Å². The van der Waals surface area contributed by atoms with E-state index < -0.39 is 0 Å². The lowest BCUT2D eigenvalue weighted by Gasteiger charge is -2.43. The average molecular weight is 174 g/mol. The van der Waals surface area contributed by atoms with Gasteiger partial charge in [-0.25, -0.2) is 0 Å². The van der Waals surface area contributed by atoms with E-state index in [-0.39, 0.29) is 5.92 Å². The van der Waals surface area contributed by atoms with Crippen molar-refractivity contribution in [2.24, 2.45) is 23.7 Å². The topological polar surface area (TPSA) is 17.1 Å². The largest absolute Gasteiger partial charge is 0.299 e. The van der Waals surface area contributed by atoms with Crippen LogP contribution in [0.5, 0.6) is 0 Å². The molecule has 0 aromatic rings. The number of fused-ring (bicyclic) bond motifs is 1. The van der Waals surface area contributed by atoms with Crippen LogP contribution in [0, 0.1) is 23.7 Å². The highest BCUT2D eigenvalue weighted by atomic mass is 16.1. The number of ketones is 1. The van der Waals surface area contributed by atoms with Crippen molar-refractivity contribution in [3.8, 4) is 0 Å². The molecule has 0 aromatic carbocycles. The van der Waals surface area contributed by atoms with Crippen LogP contribution in [0.4, 0.5) is 0 Å². The fourth-order valence-electron chi connectivity index (χ4n) is 3.34. The van der Waals surface area contributed by atoms with Gasteiger partial charge in [0.1, 0.15) is 5.78 Å². The number of hydrogen-bond donors (Lipinski definition) is 0. The van der Waals surface area contributed by atoms with E-state index in [0.717, 1.165) is 12.3 Å². The zero-order chi connectivity index (χ0) is 9.00. The van der Waals surface area contributed by atoms with Crippen LogP contribution in [0.15, 0.2) is 23.8 Å². The van der Waals surface area contributed by atoms with Crippen molar-refractivity contribution >= 4 is 5.78 Å². The van der Waals surface area contributed by atoms with E-state index >= 15 is 0 Å². The molecule has 0 aromatic heterocycles. The van der Waals surface area contributed by atoms with Gasteiger partial charge in [-0.1, -0.05) is 23.8 Å². The molecule has 1 heteroatoms. The van der Waals surface area contributed by atoms with Crippen LogP contribution in [-0.4, -0.2) is 5.78 Å². The number of carbonyl (C=O) groups is 1. The molecule has 4 atom stereocenters. The highest BCUT2D eigenvalue weighted by molar-refractivity contribution is 5.86. The van der Waals surface area contributed by atoms with Gasteiger partial charge in [0.15, 0.2) is 0 Å². The molecule has 4 rings (SSSR count). The normalized spacial score (nSPS) is 46.5. The van der Waals surface area contributed by atoms with Crippen LogP contribution < -0.4 is 0 Å². The second kappa shape index (κ2) is 2.34. The number of rotatable bonds is 0. The summed E-state index contributed by atoms with van der Waals surface area (Å²) in [6.45, 7) is 2.19. The first-order valence-corrected chi connectivity index (χ1v) is 5.15. The maximum Gasteiger partial charge on any atom is 0.140 e. The molecule has 0 amide bonds. The van der Waals surface area contributed by atoms with Crippen molar-refractivity contribution < 1.29 is 4.79 Å². The summed E-state index contributed by atoms with van der Waals surface area (Å²) in [5.41, 5.74) is 1.47. The minimum absolute atomic E-state index is 0.230. The molecule has 4 aliphatic rings. The third-order valence-corrected chi connectivity index (χ3v) is 4.01. The Bertz CT molecular complexity index is 324. The number of Topliss-reactive ketones (excluding diaryl/α,β-unsaturated/α-hetero) is 1. The zero-order valence-corrected chi connectivity index (χ0v) is 7.86. The SMILES string of the molecule is CC1=CC2C(=O)CC1C1CC=CC21. The summed E-state index contributed by atoms with van der Waals surface area (Å²) in [4.78, 5) is 11.7. The van der Waals surface area contributed by atoms with E-state index in [9.17, 15) is 4.79 Å². The Morgan fingerprint density at radius 2 is 2.31 bits per heavy atom. The van der Waals surface area contributed by atoms with Gasteiger partial charge in [-0.2, -0.15) is 0 Å².